The van der Waals surface area contributed by atoms with Gasteiger partial charge in [0.25, 0.3) is 5.91 Å². The molecule has 0 aliphatic heterocycles. The van der Waals surface area contributed by atoms with E-state index < -0.39 is 6.10 Å². The Hall–Kier alpha value is -2.36. The van der Waals surface area contributed by atoms with Crippen LogP contribution in [0.5, 0.6) is 5.75 Å². The van der Waals surface area contributed by atoms with E-state index in [0.29, 0.717) is 17.9 Å². The lowest BCUT2D eigenvalue weighted by Gasteiger charge is -2.17. The number of amides is 1. The fourth-order valence-electron chi connectivity index (χ4n) is 1.86. The first-order valence-corrected chi connectivity index (χ1v) is 6.88. The van der Waals surface area contributed by atoms with E-state index >= 15 is 0 Å². The van der Waals surface area contributed by atoms with Crippen LogP contribution in [0.2, 0.25) is 0 Å². The average molecular weight is 287 g/mol. The van der Waals surface area contributed by atoms with Gasteiger partial charge in [-0.15, -0.1) is 0 Å². The van der Waals surface area contributed by atoms with Gasteiger partial charge >= 0.3 is 0 Å². The van der Waals surface area contributed by atoms with Gasteiger partial charge in [-0.05, 0) is 49.7 Å². The van der Waals surface area contributed by atoms with Crippen molar-refractivity contribution in [1.29, 1.82) is 0 Å². The molecule has 1 amide bonds. The van der Waals surface area contributed by atoms with Gasteiger partial charge in [0.2, 0.25) is 0 Å². The van der Waals surface area contributed by atoms with E-state index in [0.717, 1.165) is 5.56 Å². The average Bonchev–Trinajstić information content (AvgIpc) is 2.49. The molecule has 0 saturated heterocycles. The number of hydrogen-bond donors (Lipinski definition) is 1. The van der Waals surface area contributed by atoms with E-state index in [1.54, 1.807) is 0 Å². The summed E-state index contributed by atoms with van der Waals surface area (Å²) in [5, 5.41) is 2.72. The van der Waals surface area contributed by atoms with Crippen molar-refractivity contribution in [3.8, 4) is 5.75 Å². The Morgan fingerprint density at radius 2 is 1.76 bits per heavy atom. The summed E-state index contributed by atoms with van der Waals surface area (Å²) in [6.07, 6.45) is -0.0428. The molecular weight excluding hydrogens is 269 g/mol. The molecule has 0 saturated carbocycles. The lowest BCUT2D eigenvalue weighted by Crippen LogP contribution is -2.32. The van der Waals surface area contributed by atoms with Crippen molar-refractivity contribution in [2.75, 3.05) is 5.32 Å². The second-order valence-corrected chi connectivity index (χ2v) is 4.82. The SMILES string of the molecule is CC[C@@H](Oc1ccc(C)cc1)C(=O)Nc1ccc(F)cc1. The minimum atomic E-state index is -0.585. The number of ether oxygens (including phenoxy) is 1. The lowest BCUT2D eigenvalue weighted by molar-refractivity contribution is -0.122. The highest BCUT2D eigenvalue weighted by Crippen LogP contribution is 2.16. The zero-order chi connectivity index (χ0) is 15.2. The first kappa shape index (κ1) is 15.0. The van der Waals surface area contributed by atoms with Crippen LogP contribution in [0.25, 0.3) is 0 Å². The van der Waals surface area contributed by atoms with E-state index in [4.69, 9.17) is 4.74 Å². The number of carbonyl (C=O) groups is 1. The van der Waals surface area contributed by atoms with Crippen LogP contribution in [-0.4, -0.2) is 12.0 Å². The topological polar surface area (TPSA) is 38.3 Å². The third-order valence-electron chi connectivity index (χ3n) is 3.07. The molecule has 2 rings (SSSR count). The molecule has 0 bridgehead atoms. The quantitative estimate of drug-likeness (QED) is 0.905. The maximum atomic E-state index is 12.8. The maximum absolute atomic E-state index is 12.8. The first-order chi connectivity index (χ1) is 10.1. The molecule has 0 aliphatic rings. The second-order valence-electron chi connectivity index (χ2n) is 4.82. The van der Waals surface area contributed by atoms with Gasteiger partial charge < -0.3 is 10.1 Å². The van der Waals surface area contributed by atoms with Gasteiger partial charge in [0.05, 0.1) is 0 Å². The molecule has 0 heterocycles. The summed E-state index contributed by atoms with van der Waals surface area (Å²) in [7, 11) is 0. The highest BCUT2D eigenvalue weighted by atomic mass is 19.1. The fraction of sp³-hybridized carbons (Fsp3) is 0.235. The molecule has 110 valence electrons. The third kappa shape index (κ3) is 4.31. The van der Waals surface area contributed by atoms with Crippen molar-refractivity contribution in [1.82, 2.24) is 0 Å². The Morgan fingerprint density at radius 1 is 1.14 bits per heavy atom. The van der Waals surface area contributed by atoms with Gasteiger partial charge in [0, 0.05) is 5.69 Å². The molecule has 0 fully saturated rings. The Balaban J connectivity index is 2.01. The predicted octanol–water partition coefficient (Wildman–Crippen LogP) is 3.93. The largest absolute Gasteiger partial charge is 0.481 e. The Kier molecular flexibility index (Phi) is 4.93. The molecule has 0 aliphatic carbocycles. The number of benzene rings is 2. The minimum absolute atomic E-state index is 0.246. The molecule has 2 aromatic carbocycles. The smallest absolute Gasteiger partial charge is 0.265 e. The number of nitrogens with one attached hydrogen (secondary N) is 1. The summed E-state index contributed by atoms with van der Waals surface area (Å²) in [4.78, 5) is 12.2. The van der Waals surface area contributed by atoms with Gasteiger partial charge in [0.1, 0.15) is 11.6 Å². The van der Waals surface area contributed by atoms with Crippen molar-refractivity contribution in [3.63, 3.8) is 0 Å². The number of carbonyl (C=O) groups excluding carboxylic acids is 1. The van der Waals surface area contributed by atoms with Gasteiger partial charge in [-0.3, -0.25) is 4.79 Å². The molecule has 0 radical (unpaired) electrons. The predicted molar refractivity (Wildman–Crippen MR) is 80.9 cm³/mol. The van der Waals surface area contributed by atoms with Crippen LogP contribution in [0.1, 0.15) is 18.9 Å². The van der Waals surface area contributed by atoms with Crippen molar-refractivity contribution in [2.45, 2.75) is 26.4 Å². The molecule has 21 heavy (non-hydrogen) atoms. The van der Waals surface area contributed by atoms with Crippen LogP contribution in [0.4, 0.5) is 10.1 Å². The van der Waals surface area contributed by atoms with Crippen LogP contribution in [-0.2, 0) is 4.79 Å². The van der Waals surface area contributed by atoms with Gasteiger partial charge in [0.15, 0.2) is 6.10 Å². The number of anilines is 1. The van der Waals surface area contributed by atoms with Crippen molar-refractivity contribution in [3.05, 3.63) is 59.9 Å². The third-order valence-corrected chi connectivity index (χ3v) is 3.07. The zero-order valence-corrected chi connectivity index (χ0v) is 12.1. The van der Waals surface area contributed by atoms with Crippen LogP contribution in [0.15, 0.2) is 48.5 Å². The number of aryl methyl sites for hydroxylation is 1. The standard InChI is InChI=1S/C17H18FNO2/c1-3-16(21-15-10-4-12(2)5-11-15)17(20)19-14-8-6-13(18)7-9-14/h4-11,16H,3H2,1-2H3,(H,19,20)/t16-/m1/s1. The number of halogens is 1. The first-order valence-electron chi connectivity index (χ1n) is 6.88. The van der Waals surface area contributed by atoms with E-state index in [9.17, 15) is 9.18 Å². The lowest BCUT2D eigenvalue weighted by atomic mass is 10.2. The van der Waals surface area contributed by atoms with E-state index in [1.807, 2.05) is 38.1 Å². The minimum Gasteiger partial charge on any atom is -0.481 e. The molecule has 1 N–H and O–H groups in total. The summed E-state index contributed by atoms with van der Waals surface area (Å²) < 4.78 is 18.5. The van der Waals surface area contributed by atoms with E-state index in [1.165, 1.54) is 24.3 Å². The van der Waals surface area contributed by atoms with Crippen LogP contribution in [0.3, 0.4) is 0 Å². The molecular formula is C17H18FNO2. The van der Waals surface area contributed by atoms with Gasteiger partial charge in [-0.1, -0.05) is 24.6 Å². The highest BCUT2D eigenvalue weighted by Gasteiger charge is 2.18. The zero-order valence-electron chi connectivity index (χ0n) is 12.1. The van der Waals surface area contributed by atoms with E-state index in [-0.39, 0.29) is 11.7 Å². The molecule has 1 atom stereocenters. The Labute approximate surface area is 123 Å². The summed E-state index contributed by atoms with van der Waals surface area (Å²) >= 11 is 0. The fourth-order valence-corrected chi connectivity index (χ4v) is 1.86. The summed E-state index contributed by atoms with van der Waals surface area (Å²) in [5.41, 5.74) is 1.68. The van der Waals surface area contributed by atoms with E-state index in [2.05, 4.69) is 5.32 Å². The van der Waals surface area contributed by atoms with Gasteiger partial charge in [-0.25, -0.2) is 4.39 Å². The Morgan fingerprint density at radius 3 is 2.33 bits per heavy atom. The van der Waals surface area contributed by atoms with Crippen molar-refractivity contribution >= 4 is 11.6 Å². The van der Waals surface area contributed by atoms with Crippen LogP contribution >= 0.6 is 0 Å². The molecule has 0 unspecified atom stereocenters. The monoisotopic (exact) mass is 287 g/mol. The molecule has 4 heteroatoms. The summed E-state index contributed by atoms with van der Waals surface area (Å²) in [5.74, 6) is 0.0716. The molecule has 2 aromatic rings. The number of hydrogen-bond acceptors (Lipinski definition) is 2. The van der Waals surface area contributed by atoms with Gasteiger partial charge in [-0.2, -0.15) is 0 Å². The normalized spacial score (nSPS) is 11.8. The molecule has 3 nitrogen and oxygen atoms in total. The second kappa shape index (κ2) is 6.88. The Bertz CT molecular complexity index is 593. The summed E-state index contributed by atoms with van der Waals surface area (Å²) in [6.45, 7) is 3.87. The van der Waals surface area contributed by atoms with Crippen molar-refractivity contribution in [2.24, 2.45) is 0 Å². The molecule has 0 spiro atoms. The molecule has 0 aromatic heterocycles. The highest BCUT2D eigenvalue weighted by molar-refractivity contribution is 5.94. The summed E-state index contributed by atoms with van der Waals surface area (Å²) in [6, 6.07) is 13.2. The van der Waals surface area contributed by atoms with Crippen LogP contribution in [0, 0.1) is 12.7 Å². The number of rotatable bonds is 5. The maximum Gasteiger partial charge on any atom is 0.265 e. The van der Waals surface area contributed by atoms with Crippen molar-refractivity contribution < 1.29 is 13.9 Å². The van der Waals surface area contributed by atoms with Crippen LogP contribution < -0.4 is 10.1 Å².